The topological polar surface area (TPSA) is 47.3 Å². The Morgan fingerprint density at radius 1 is 1.44 bits per heavy atom. The number of nitrogens with zero attached hydrogens (tertiary/aromatic N) is 2. The van der Waals surface area contributed by atoms with E-state index in [-0.39, 0.29) is 0 Å². The van der Waals surface area contributed by atoms with Crippen molar-refractivity contribution in [3.63, 3.8) is 0 Å². The number of hydrogen-bond donors (Lipinski definition) is 1. The van der Waals surface area contributed by atoms with Gasteiger partial charge in [-0.05, 0) is 19.1 Å². The van der Waals surface area contributed by atoms with Crippen LogP contribution in [0.5, 0.6) is 0 Å². The van der Waals surface area contributed by atoms with Gasteiger partial charge in [-0.3, -0.25) is 0 Å². The number of rotatable bonds is 3. The molecule has 0 saturated carbocycles. The van der Waals surface area contributed by atoms with Crippen molar-refractivity contribution in [2.75, 3.05) is 13.2 Å². The fourth-order valence-electron chi connectivity index (χ4n) is 2.64. The van der Waals surface area contributed by atoms with Gasteiger partial charge in [-0.1, -0.05) is 12.1 Å². The highest BCUT2D eigenvalue weighted by atomic mass is 16.5. The molecular formula is C14H18N2O2. The van der Waals surface area contributed by atoms with Gasteiger partial charge in [0, 0.05) is 26.0 Å². The fourth-order valence-corrected chi connectivity index (χ4v) is 2.64. The molecule has 4 nitrogen and oxygen atoms in total. The van der Waals surface area contributed by atoms with Gasteiger partial charge < -0.3 is 14.4 Å². The van der Waals surface area contributed by atoms with Crippen molar-refractivity contribution in [1.29, 1.82) is 0 Å². The van der Waals surface area contributed by atoms with Crippen LogP contribution in [0.1, 0.15) is 19.2 Å². The van der Waals surface area contributed by atoms with Crippen LogP contribution in [0.3, 0.4) is 0 Å². The minimum absolute atomic E-state index is 0.417. The summed E-state index contributed by atoms with van der Waals surface area (Å²) in [5.74, 6) is 0.951. The lowest BCUT2D eigenvalue weighted by molar-refractivity contribution is 0.0248. The number of aryl methyl sites for hydroxylation is 1. The second-order valence-electron chi connectivity index (χ2n) is 4.96. The van der Waals surface area contributed by atoms with E-state index in [0.29, 0.717) is 26.1 Å². The third kappa shape index (κ3) is 1.91. The van der Waals surface area contributed by atoms with E-state index in [0.717, 1.165) is 23.4 Å². The molecule has 1 aromatic heterocycles. The van der Waals surface area contributed by atoms with Crippen molar-refractivity contribution < 1.29 is 9.84 Å². The predicted octanol–water partition coefficient (Wildman–Crippen LogP) is 1.75. The van der Waals surface area contributed by atoms with Crippen LogP contribution in [0.15, 0.2) is 24.3 Å². The maximum Gasteiger partial charge on any atom is 0.112 e. The molecule has 1 fully saturated rings. The van der Waals surface area contributed by atoms with Gasteiger partial charge in [0.1, 0.15) is 5.82 Å². The number of hydrogen-bond acceptors (Lipinski definition) is 3. The summed E-state index contributed by atoms with van der Waals surface area (Å²) in [6.07, 6.45) is 1.26. The van der Waals surface area contributed by atoms with E-state index in [2.05, 4.69) is 22.5 Å². The molecule has 0 radical (unpaired) electrons. The molecule has 1 unspecified atom stereocenters. The van der Waals surface area contributed by atoms with Gasteiger partial charge in [0.25, 0.3) is 0 Å². The molecule has 0 amide bonds. The number of aromatic nitrogens is 2. The van der Waals surface area contributed by atoms with Crippen LogP contribution in [0.4, 0.5) is 0 Å². The van der Waals surface area contributed by atoms with Gasteiger partial charge in [-0.15, -0.1) is 0 Å². The zero-order chi connectivity index (χ0) is 12.6. The standard InChI is InChI=1S/C14H18N2O2/c1-2-16-12-6-4-3-5-11(12)15-13(16)9-14(17)7-8-18-10-14/h3-6,17H,2,7-10H2,1H3. The van der Waals surface area contributed by atoms with E-state index in [1.165, 1.54) is 0 Å². The van der Waals surface area contributed by atoms with Crippen molar-refractivity contribution in [2.24, 2.45) is 0 Å². The van der Waals surface area contributed by atoms with Crippen molar-refractivity contribution in [3.05, 3.63) is 30.1 Å². The second kappa shape index (κ2) is 4.37. The minimum Gasteiger partial charge on any atom is -0.387 e. The van der Waals surface area contributed by atoms with Gasteiger partial charge in [-0.25, -0.2) is 4.98 Å². The number of aliphatic hydroxyl groups is 1. The largest absolute Gasteiger partial charge is 0.387 e. The number of ether oxygens (including phenoxy) is 1. The first-order valence-corrected chi connectivity index (χ1v) is 6.46. The highest BCUT2D eigenvalue weighted by molar-refractivity contribution is 5.75. The van der Waals surface area contributed by atoms with Gasteiger partial charge >= 0.3 is 0 Å². The summed E-state index contributed by atoms with van der Waals surface area (Å²) in [5.41, 5.74) is 1.39. The minimum atomic E-state index is -0.742. The quantitative estimate of drug-likeness (QED) is 0.897. The molecule has 1 saturated heterocycles. The molecule has 0 spiro atoms. The van der Waals surface area contributed by atoms with Crippen LogP contribution in [-0.4, -0.2) is 33.5 Å². The molecule has 1 N–H and O–H groups in total. The molecular weight excluding hydrogens is 228 g/mol. The van der Waals surface area contributed by atoms with E-state index in [1.54, 1.807) is 0 Å². The summed E-state index contributed by atoms with van der Waals surface area (Å²) in [5, 5.41) is 10.4. The number of fused-ring (bicyclic) bond motifs is 1. The summed E-state index contributed by atoms with van der Waals surface area (Å²) < 4.78 is 7.47. The normalized spacial score (nSPS) is 23.9. The Kier molecular flexibility index (Phi) is 2.84. The Bertz CT molecular complexity index is 556. The van der Waals surface area contributed by atoms with Crippen LogP contribution >= 0.6 is 0 Å². The second-order valence-corrected chi connectivity index (χ2v) is 4.96. The fraction of sp³-hybridized carbons (Fsp3) is 0.500. The van der Waals surface area contributed by atoms with Crippen LogP contribution in [0, 0.1) is 0 Å². The van der Waals surface area contributed by atoms with E-state index in [1.807, 2.05) is 18.2 Å². The van der Waals surface area contributed by atoms with E-state index < -0.39 is 5.60 Å². The molecule has 2 heterocycles. The van der Waals surface area contributed by atoms with Crippen molar-refractivity contribution in [1.82, 2.24) is 9.55 Å². The first-order valence-electron chi connectivity index (χ1n) is 6.46. The first-order chi connectivity index (χ1) is 8.72. The summed E-state index contributed by atoms with van der Waals surface area (Å²) in [7, 11) is 0. The highest BCUT2D eigenvalue weighted by Crippen LogP contribution is 2.25. The Hall–Kier alpha value is -1.39. The molecule has 0 bridgehead atoms. The van der Waals surface area contributed by atoms with E-state index in [9.17, 15) is 5.11 Å². The zero-order valence-corrected chi connectivity index (χ0v) is 10.6. The first kappa shape index (κ1) is 11.7. The average molecular weight is 246 g/mol. The third-order valence-corrected chi connectivity index (χ3v) is 3.62. The van der Waals surface area contributed by atoms with Crippen LogP contribution in [-0.2, 0) is 17.7 Å². The lowest BCUT2D eigenvalue weighted by atomic mass is 9.99. The van der Waals surface area contributed by atoms with Gasteiger partial charge in [-0.2, -0.15) is 0 Å². The van der Waals surface area contributed by atoms with Crippen LogP contribution < -0.4 is 0 Å². The molecule has 1 atom stereocenters. The summed E-state index contributed by atoms with van der Waals surface area (Å²) in [4.78, 5) is 4.64. The van der Waals surface area contributed by atoms with Gasteiger partial charge in [0.15, 0.2) is 0 Å². The van der Waals surface area contributed by atoms with E-state index >= 15 is 0 Å². The number of para-hydroxylation sites is 2. The lowest BCUT2D eigenvalue weighted by Crippen LogP contribution is -2.32. The Morgan fingerprint density at radius 3 is 3.00 bits per heavy atom. The predicted molar refractivity (Wildman–Crippen MR) is 69.5 cm³/mol. The van der Waals surface area contributed by atoms with Crippen LogP contribution in [0.2, 0.25) is 0 Å². The smallest absolute Gasteiger partial charge is 0.112 e. The van der Waals surface area contributed by atoms with Gasteiger partial charge in [0.05, 0.1) is 23.2 Å². The molecule has 18 heavy (non-hydrogen) atoms. The number of benzene rings is 1. The van der Waals surface area contributed by atoms with Gasteiger partial charge in [0.2, 0.25) is 0 Å². The van der Waals surface area contributed by atoms with Crippen molar-refractivity contribution >= 4 is 11.0 Å². The Balaban J connectivity index is 2.00. The molecule has 96 valence electrons. The van der Waals surface area contributed by atoms with Crippen LogP contribution in [0.25, 0.3) is 11.0 Å². The lowest BCUT2D eigenvalue weighted by Gasteiger charge is -2.20. The number of imidazole rings is 1. The third-order valence-electron chi connectivity index (χ3n) is 3.62. The zero-order valence-electron chi connectivity index (χ0n) is 10.6. The molecule has 1 aliphatic rings. The summed E-state index contributed by atoms with van der Waals surface area (Å²) in [6, 6.07) is 8.10. The Labute approximate surface area is 106 Å². The maximum absolute atomic E-state index is 10.4. The summed E-state index contributed by atoms with van der Waals surface area (Å²) >= 11 is 0. The average Bonchev–Trinajstić information content (AvgIpc) is 2.92. The molecule has 4 heteroatoms. The van der Waals surface area contributed by atoms with Crippen molar-refractivity contribution in [2.45, 2.75) is 31.9 Å². The monoisotopic (exact) mass is 246 g/mol. The maximum atomic E-state index is 10.4. The molecule has 1 aromatic carbocycles. The Morgan fingerprint density at radius 2 is 2.28 bits per heavy atom. The molecule has 0 aliphatic carbocycles. The molecule has 2 aromatic rings. The van der Waals surface area contributed by atoms with Crippen molar-refractivity contribution in [3.8, 4) is 0 Å². The summed E-state index contributed by atoms with van der Waals surface area (Å²) in [6.45, 7) is 4.03. The van der Waals surface area contributed by atoms with E-state index in [4.69, 9.17) is 4.74 Å². The molecule has 3 rings (SSSR count). The highest BCUT2D eigenvalue weighted by Gasteiger charge is 2.34. The SMILES string of the molecule is CCn1c(CC2(O)CCOC2)nc2ccccc21. The molecule has 1 aliphatic heterocycles.